The second-order valence-electron chi connectivity index (χ2n) is 7.21. The number of nitrogens with zero attached hydrogens (tertiary/aromatic N) is 1. The van der Waals surface area contributed by atoms with Crippen LogP contribution in [0.3, 0.4) is 0 Å². The van der Waals surface area contributed by atoms with Crippen molar-refractivity contribution in [3.8, 4) is 0 Å². The molecule has 0 unspecified atom stereocenters. The van der Waals surface area contributed by atoms with Crippen molar-refractivity contribution in [2.24, 2.45) is 0 Å². The minimum Gasteiger partial charge on any atom is -0.355 e. The van der Waals surface area contributed by atoms with Crippen LogP contribution in [0.4, 0.5) is 0 Å². The van der Waals surface area contributed by atoms with E-state index in [1.54, 1.807) is 23.1 Å². The Balaban J connectivity index is 2.39. The third-order valence-electron chi connectivity index (χ3n) is 4.76. The van der Waals surface area contributed by atoms with E-state index in [2.05, 4.69) is 11.4 Å². The summed E-state index contributed by atoms with van der Waals surface area (Å²) in [5.41, 5.74) is 3.77. The van der Waals surface area contributed by atoms with Crippen LogP contribution in [0.25, 0.3) is 0 Å². The van der Waals surface area contributed by atoms with Crippen LogP contribution < -0.4 is 5.32 Å². The van der Waals surface area contributed by atoms with Gasteiger partial charge >= 0.3 is 0 Å². The summed E-state index contributed by atoms with van der Waals surface area (Å²) in [6.07, 6.45) is 0.701. The molecule has 0 aliphatic heterocycles. The molecule has 0 aliphatic rings. The summed E-state index contributed by atoms with van der Waals surface area (Å²) >= 11 is 12.7. The van der Waals surface area contributed by atoms with E-state index in [0.29, 0.717) is 28.6 Å². The maximum Gasteiger partial charge on any atom is 0.242 e. The number of nitrogens with one attached hydrogen (secondary N) is 1. The molecule has 4 nitrogen and oxygen atoms in total. The minimum atomic E-state index is -0.597. The molecule has 0 fully saturated rings. The van der Waals surface area contributed by atoms with Crippen molar-refractivity contribution >= 4 is 35.0 Å². The van der Waals surface area contributed by atoms with Gasteiger partial charge in [-0.3, -0.25) is 9.59 Å². The van der Waals surface area contributed by atoms with Crippen molar-refractivity contribution < 1.29 is 9.59 Å². The van der Waals surface area contributed by atoms with E-state index in [9.17, 15) is 9.59 Å². The summed E-state index contributed by atoms with van der Waals surface area (Å²) in [5, 5.41) is 3.79. The summed E-state index contributed by atoms with van der Waals surface area (Å²) < 4.78 is 0. The molecule has 2 amide bonds. The van der Waals surface area contributed by atoms with E-state index in [-0.39, 0.29) is 24.8 Å². The van der Waals surface area contributed by atoms with Crippen LogP contribution in [-0.4, -0.2) is 29.3 Å². The lowest BCUT2D eigenvalue weighted by Gasteiger charge is -2.31. The zero-order valence-electron chi connectivity index (χ0n) is 17.4. The Hall–Kier alpha value is -2.04. The first kappa shape index (κ1) is 23.2. The Kier molecular flexibility index (Phi) is 8.54. The molecule has 0 spiro atoms. The van der Waals surface area contributed by atoms with Gasteiger partial charge in [0.05, 0.1) is 6.42 Å². The molecule has 1 atom stereocenters. The first-order valence-corrected chi connectivity index (χ1v) is 10.6. The predicted octanol–water partition coefficient (Wildman–Crippen LogP) is 5.10. The Morgan fingerprint density at radius 1 is 1.03 bits per heavy atom. The van der Waals surface area contributed by atoms with Gasteiger partial charge in [0.1, 0.15) is 6.04 Å². The zero-order chi connectivity index (χ0) is 21.6. The fourth-order valence-corrected chi connectivity index (χ4v) is 4.03. The van der Waals surface area contributed by atoms with Crippen LogP contribution in [0.2, 0.25) is 10.0 Å². The van der Waals surface area contributed by atoms with Crippen LogP contribution in [0.15, 0.2) is 36.4 Å². The fourth-order valence-electron chi connectivity index (χ4n) is 3.51. The Labute approximate surface area is 183 Å². The number of halogens is 2. The summed E-state index contributed by atoms with van der Waals surface area (Å²) in [6, 6.07) is 10.7. The first-order chi connectivity index (χ1) is 13.8. The third kappa shape index (κ3) is 6.22. The Morgan fingerprint density at radius 3 is 2.14 bits per heavy atom. The molecule has 156 valence electrons. The van der Waals surface area contributed by atoms with Crippen LogP contribution in [0.1, 0.15) is 42.5 Å². The molecule has 0 heterocycles. The second-order valence-corrected chi connectivity index (χ2v) is 8.03. The number of hydrogen-bond donors (Lipinski definition) is 1. The van der Waals surface area contributed by atoms with Gasteiger partial charge in [0.25, 0.3) is 0 Å². The molecule has 29 heavy (non-hydrogen) atoms. The Bertz CT molecular complexity index is 843. The average Bonchev–Trinajstić information content (AvgIpc) is 2.63. The number of hydrogen-bond acceptors (Lipinski definition) is 2. The number of aryl methyl sites for hydroxylation is 2. The molecule has 1 N–H and O–H groups in total. The van der Waals surface area contributed by atoms with Crippen LogP contribution in [-0.2, 0) is 22.6 Å². The summed E-state index contributed by atoms with van der Waals surface area (Å²) in [5.74, 6) is -0.309. The maximum absolute atomic E-state index is 13.3. The zero-order valence-corrected chi connectivity index (χ0v) is 18.9. The first-order valence-electron chi connectivity index (χ1n) is 9.84. The molecular formula is C23H28Cl2N2O2. The molecule has 2 aromatic rings. The van der Waals surface area contributed by atoms with Gasteiger partial charge in [-0.1, -0.05) is 65.5 Å². The van der Waals surface area contributed by atoms with Crippen LogP contribution in [0, 0.1) is 13.8 Å². The van der Waals surface area contributed by atoms with Crippen molar-refractivity contribution in [2.45, 2.75) is 53.1 Å². The van der Waals surface area contributed by atoms with E-state index in [1.165, 1.54) is 0 Å². The monoisotopic (exact) mass is 434 g/mol. The van der Waals surface area contributed by atoms with E-state index < -0.39 is 6.04 Å². The lowest BCUT2D eigenvalue weighted by molar-refractivity contribution is -0.140. The van der Waals surface area contributed by atoms with Crippen LogP contribution >= 0.6 is 23.2 Å². The minimum absolute atomic E-state index is 0.135. The van der Waals surface area contributed by atoms with Gasteiger partial charge in [0.2, 0.25) is 11.8 Å². The molecule has 0 aromatic heterocycles. The van der Waals surface area contributed by atoms with E-state index in [0.717, 1.165) is 16.7 Å². The molecule has 2 rings (SSSR count). The summed E-state index contributed by atoms with van der Waals surface area (Å²) in [7, 11) is 0. The second kappa shape index (κ2) is 10.7. The van der Waals surface area contributed by atoms with Gasteiger partial charge in [-0.2, -0.15) is 0 Å². The highest BCUT2D eigenvalue weighted by Crippen LogP contribution is 2.27. The number of rotatable bonds is 8. The van der Waals surface area contributed by atoms with Crippen molar-refractivity contribution in [3.05, 3.63) is 68.7 Å². The topological polar surface area (TPSA) is 49.4 Å². The number of carbonyl (C=O) groups is 2. The lowest BCUT2D eigenvalue weighted by atomic mass is 10.0. The molecule has 0 bridgehead atoms. The molecule has 0 saturated heterocycles. The van der Waals surface area contributed by atoms with Crippen LogP contribution in [0.5, 0.6) is 0 Å². The number of likely N-dealkylation sites (N-methyl/N-ethyl adjacent to an activating group) is 1. The maximum atomic E-state index is 13.3. The normalized spacial score (nSPS) is 11.8. The van der Waals surface area contributed by atoms with Crippen molar-refractivity contribution in [2.75, 3.05) is 6.54 Å². The highest BCUT2D eigenvalue weighted by molar-refractivity contribution is 6.36. The standard InChI is InChI=1S/C23H28Cl2N2O2/c1-5-21(23(29)26-6-2)27(14-18-19(24)8-7-9-20(18)25)22(28)13-17-11-15(3)10-16(4)12-17/h7-12,21H,5-6,13-14H2,1-4H3,(H,26,29)/t21-/m1/s1. The number of benzene rings is 2. The molecule has 2 aromatic carbocycles. The largest absolute Gasteiger partial charge is 0.355 e. The quantitative estimate of drug-likeness (QED) is 0.628. The van der Waals surface area contributed by atoms with Crippen molar-refractivity contribution in [3.63, 3.8) is 0 Å². The summed E-state index contributed by atoms with van der Waals surface area (Å²) in [6.45, 7) is 8.44. The van der Waals surface area contributed by atoms with Crippen molar-refractivity contribution in [1.82, 2.24) is 10.2 Å². The van der Waals surface area contributed by atoms with Gasteiger partial charge in [0.15, 0.2) is 0 Å². The lowest BCUT2D eigenvalue weighted by Crippen LogP contribution is -2.49. The van der Waals surface area contributed by atoms with Gasteiger partial charge in [-0.05, 0) is 44.9 Å². The van der Waals surface area contributed by atoms with Gasteiger partial charge in [0, 0.05) is 28.7 Å². The molecule has 0 aliphatic carbocycles. The summed E-state index contributed by atoms with van der Waals surface area (Å²) in [4.78, 5) is 27.6. The fraction of sp³-hybridized carbons (Fsp3) is 0.391. The highest BCUT2D eigenvalue weighted by atomic mass is 35.5. The molecule has 6 heteroatoms. The van der Waals surface area contributed by atoms with E-state index in [1.807, 2.05) is 39.8 Å². The number of carbonyl (C=O) groups excluding carboxylic acids is 2. The molecule has 0 saturated carbocycles. The Morgan fingerprint density at radius 2 is 1.62 bits per heavy atom. The molecule has 0 radical (unpaired) electrons. The van der Waals surface area contributed by atoms with Gasteiger partial charge < -0.3 is 10.2 Å². The SMILES string of the molecule is CCNC(=O)[C@@H](CC)N(Cc1c(Cl)cccc1Cl)C(=O)Cc1cc(C)cc(C)c1. The highest BCUT2D eigenvalue weighted by Gasteiger charge is 2.29. The third-order valence-corrected chi connectivity index (χ3v) is 5.47. The average molecular weight is 435 g/mol. The van der Waals surface area contributed by atoms with Gasteiger partial charge in [-0.15, -0.1) is 0 Å². The van der Waals surface area contributed by atoms with E-state index in [4.69, 9.17) is 23.2 Å². The smallest absolute Gasteiger partial charge is 0.242 e. The molecular weight excluding hydrogens is 407 g/mol. The number of amides is 2. The van der Waals surface area contributed by atoms with Gasteiger partial charge in [-0.25, -0.2) is 0 Å². The van der Waals surface area contributed by atoms with E-state index >= 15 is 0 Å². The predicted molar refractivity (Wildman–Crippen MR) is 119 cm³/mol. The van der Waals surface area contributed by atoms with Crippen molar-refractivity contribution in [1.29, 1.82) is 0 Å².